The molecule has 0 atom stereocenters. The SMILES string of the molecule is CCc1cc(C=O)on1. The maximum absolute atomic E-state index is 10.0. The van der Waals surface area contributed by atoms with Crippen LogP contribution in [0.15, 0.2) is 10.6 Å². The van der Waals surface area contributed by atoms with Gasteiger partial charge in [0.05, 0.1) is 5.69 Å². The predicted octanol–water partition coefficient (Wildman–Crippen LogP) is 1.05. The van der Waals surface area contributed by atoms with E-state index in [1.165, 1.54) is 0 Å². The maximum Gasteiger partial charge on any atom is 0.199 e. The molecular formula is C6H7NO2. The van der Waals surface area contributed by atoms with Gasteiger partial charge in [-0.2, -0.15) is 0 Å². The molecule has 0 aliphatic rings. The lowest BCUT2D eigenvalue weighted by molar-refractivity contribution is 0.109. The van der Waals surface area contributed by atoms with E-state index in [2.05, 4.69) is 9.68 Å². The lowest BCUT2D eigenvalue weighted by Gasteiger charge is -1.74. The van der Waals surface area contributed by atoms with Crippen molar-refractivity contribution in [3.05, 3.63) is 17.5 Å². The molecule has 0 aliphatic carbocycles. The van der Waals surface area contributed by atoms with Crippen molar-refractivity contribution in [1.29, 1.82) is 0 Å². The predicted molar refractivity (Wildman–Crippen MR) is 31.3 cm³/mol. The van der Waals surface area contributed by atoms with Crippen LogP contribution in [-0.2, 0) is 6.42 Å². The summed E-state index contributed by atoms with van der Waals surface area (Å²) >= 11 is 0. The molecule has 9 heavy (non-hydrogen) atoms. The van der Waals surface area contributed by atoms with Crippen molar-refractivity contribution in [2.45, 2.75) is 13.3 Å². The molecule has 1 aromatic heterocycles. The highest BCUT2D eigenvalue weighted by Crippen LogP contribution is 1.99. The number of aryl methyl sites for hydroxylation is 1. The Morgan fingerprint density at radius 2 is 2.67 bits per heavy atom. The highest BCUT2D eigenvalue weighted by molar-refractivity contribution is 5.70. The summed E-state index contributed by atoms with van der Waals surface area (Å²) in [7, 11) is 0. The minimum absolute atomic E-state index is 0.298. The summed E-state index contributed by atoms with van der Waals surface area (Å²) in [6, 6.07) is 1.63. The minimum atomic E-state index is 0.298. The lowest BCUT2D eigenvalue weighted by atomic mass is 10.3. The molecule has 0 aliphatic heterocycles. The fourth-order valence-electron chi connectivity index (χ4n) is 0.550. The Hall–Kier alpha value is -1.12. The van der Waals surface area contributed by atoms with Crippen molar-refractivity contribution in [2.75, 3.05) is 0 Å². The van der Waals surface area contributed by atoms with E-state index >= 15 is 0 Å². The van der Waals surface area contributed by atoms with Gasteiger partial charge in [-0.25, -0.2) is 0 Å². The standard InChI is InChI=1S/C6H7NO2/c1-2-5-3-6(4-8)9-7-5/h3-4H,2H2,1H3. The summed E-state index contributed by atoms with van der Waals surface area (Å²) in [5.41, 5.74) is 0.817. The Balaban J connectivity index is 2.86. The smallest absolute Gasteiger partial charge is 0.199 e. The molecule has 0 spiro atoms. The van der Waals surface area contributed by atoms with Gasteiger partial charge >= 0.3 is 0 Å². The van der Waals surface area contributed by atoms with Gasteiger partial charge in [0.2, 0.25) is 0 Å². The largest absolute Gasteiger partial charge is 0.353 e. The molecule has 1 heterocycles. The lowest BCUT2D eigenvalue weighted by Crippen LogP contribution is -1.74. The van der Waals surface area contributed by atoms with Gasteiger partial charge in [0.25, 0.3) is 0 Å². The van der Waals surface area contributed by atoms with Crippen molar-refractivity contribution in [3.8, 4) is 0 Å². The van der Waals surface area contributed by atoms with Gasteiger partial charge in [-0.1, -0.05) is 12.1 Å². The van der Waals surface area contributed by atoms with Crippen LogP contribution in [0.1, 0.15) is 23.2 Å². The molecule has 0 saturated carbocycles. The molecule has 0 saturated heterocycles. The molecule has 48 valence electrons. The van der Waals surface area contributed by atoms with Crippen LogP contribution in [0.5, 0.6) is 0 Å². The van der Waals surface area contributed by atoms with E-state index in [-0.39, 0.29) is 0 Å². The molecule has 1 aromatic rings. The van der Waals surface area contributed by atoms with E-state index in [1.54, 1.807) is 6.07 Å². The molecule has 0 radical (unpaired) electrons. The summed E-state index contributed by atoms with van der Waals surface area (Å²) in [4.78, 5) is 10.0. The number of aromatic nitrogens is 1. The third-order valence-corrected chi connectivity index (χ3v) is 1.06. The van der Waals surface area contributed by atoms with Crippen LogP contribution < -0.4 is 0 Å². The average molecular weight is 125 g/mol. The molecular weight excluding hydrogens is 118 g/mol. The second-order valence-electron chi connectivity index (χ2n) is 1.69. The number of carbonyl (C=O) groups excluding carboxylic acids is 1. The zero-order valence-electron chi connectivity index (χ0n) is 5.13. The third-order valence-electron chi connectivity index (χ3n) is 1.06. The monoisotopic (exact) mass is 125 g/mol. The molecule has 0 bridgehead atoms. The number of hydrogen-bond acceptors (Lipinski definition) is 3. The summed E-state index contributed by atoms with van der Waals surface area (Å²) < 4.78 is 4.59. The van der Waals surface area contributed by atoms with Crippen LogP contribution in [-0.4, -0.2) is 11.4 Å². The van der Waals surface area contributed by atoms with E-state index in [0.717, 1.165) is 12.1 Å². The first kappa shape index (κ1) is 6.01. The number of nitrogens with zero attached hydrogens (tertiary/aromatic N) is 1. The second-order valence-corrected chi connectivity index (χ2v) is 1.69. The molecule has 0 aromatic carbocycles. The van der Waals surface area contributed by atoms with E-state index < -0.39 is 0 Å². The summed E-state index contributed by atoms with van der Waals surface area (Å²) in [6.45, 7) is 1.95. The van der Waals surface area contributed by atoms with Gasteiger partial charge in [-0.15, -0.1) is 0 Å². The van der Waals surface area contributed by atoms with Crippen molar-refractivity contribution in [3.63, 3.8) is 0 Å². The summed E-state index contributed by atoms with van der Waals surface area (Å²) in [6.07, 6.45) is 1.45. The highest BCUT2D eigenvalue weighted by Gasteiger charge is 1.97. The first-order chi connectivity index (χ1) is 4.36. The fourth-order valence-corrected chi connectivity index (χ4v) is 0.550. The Labute approximate surface area is 52.7 Å². The van der Waals surface area contributed by atoms with Crippen LogP contribution in [0, 0.1) is 0 Å². The van der Waals surface area contributed by atoms with Crippen molar-refractivity contribution in [2.24, 2.45) is 0 Å². The average Bonchev–Trinajstić information content (AvgIpc) is 2.34. The normalized spacial score (nSPS) is 9.44. The van der Waals surface area contributed by atoms with Crippen LogP contribution in [0.3, 0.4) is 0 Å². The fraction of sp³-hybridized carbons (Fsp3) is 0.333. The van der Waals surface area contributed by atoms with Crippen molar-refractivity contribution in [1.82, 2.24) is 5.16 Å². The van der Waals surface area contributed by atoms with E-state index in [4.69, 9.17) is 0 Å². The molecule has 0 amide bonds. The number of carbonyl (C=O) groups is 1. The number of rotatable bonds is 2. The summed E-state index contributed by atoms with van der Waals surface area (Å²) in [5.74, 6) is 0.298. The van der Waals surface area contributed by atoms with Gasteiger partial charge in [0.1, 0.15) is 0 Å². The zero-order valence-corrected chi connectivity index (χ0v) is 5.13. The van der Waals surface area contributed by atoms with Crippen molar-refractivity contribution >= 4 is 6.29 Å². The molecule has 3 nitrogen and oxygen atoms in total. The molecule has 0 fully saturated rings. The Morgan fingerprint density at radius 1 is 1.89 bits per heavy atom. The maximum atomic E-state index is 10.0. The highest BCUT2D eigenvalue weighted by atomic mass is 16.5. The third kappa shape index (κ3) is 1.16. The van der Waals surface area contributed by atoms with Crippen LogP contribution in [0.4, 0.5) is 0 Å². The molecule has 0 unspecified atom stereocenters. The van der Waals surface area contributed by atoms with E-state index in [9.17, 15) is 4.79 Å². The van der Waals surface area contributed by atoms with Gasteiger partial charge in [0.15, 0.2) is 12.0 Å². The van der Waals surface area contributed by atoms with E-state index in [1.807, 2.05) is 6.92 Å². The Bertz CT molecular complexity index is 205. The summed E-state index contributed by atoms with van der Waals surface area (Å²) in [5, 5.41) is 3.60. The minimum Gasteiger partial charge on any atom is -0.353 e. The Kier molecular flexibility index (Phi) is 1.63. The first-order valence-electron chi connectivity index (χ1n) is 2.77. The second kappa shape index (κ2) is 2.44. The van der Waals surface area contributed by atoms with Gasteiger partial charge < -0.3 is 4.52 Å². The quantitative estimate of drug-likeness (QED) is 0.555. The first-order valence-corrected chi connectivity index (χ1v) is 2.77. The van der Waals surface area contributed by atoms with Gasteiger partial charge in [0, 0.05) is 6.07 Å². The number of hydrogen-bond donors (Lipinski definition) is 0. The van der Waals surface area contributed by atoms with Gasteiger partial charge in [-0.05, 0) is 6.42 Å². The molecule has 0 N–H and O–H groups in total. The van der Waals surface area contributed by atoms with Crippen LogP contribution >= 0.6 is 0 Å². The zero-order chi connectivity index (χ0) is 6.69. The van der Waals surface area contributed by atoms with Crippen molar-refractivity contribution < 1.29 is 9.32 Å². The van der Waals surface area contributed by atoms with E-state index in [0.29, 0.717) is 12.0 Å². The topological polar surface area (TPSA) is 43.1 Å². The molecule has 3 heteroatoms. The Morgan fingerprint density at radius 3 is 3.00 bits per heavy atom. The number of aldehydes is 1. The van der Waals surface area contributed by atoms with Gasteiger partial charge in [-0.3, -0.25) is 4.79 Å². The molecule has 1 rings (SSSR count). The van der Waals surface area contributed by atoms with Crippen LogP contribution in [0.25, 0.3) is 0 Å². The van der Waals surface area contributed by atoms with Crippen LogP contribution in [0.2, 0.25) is 0 Å².